The summed E-state index contributed by atoms with van der Waals surface area (Å²) in [6.45, 7) is 7.72. The number of nitrogens with one attached hydrogen (secondary N) is 1. The molecule has 0 atom stereocenters. The standard InChI is InChI=1S/C18H25N3O3/c1-5-19-18(22)21(11-13(2)3)12-14-10-17(24-20-14)15-8-6-7-9-16(15)23-4/h6-10,13H,5,11-12H2,1-4H3,(H,19,22). The second-order valence-electron chi connectivity index (χ2n) is 5.99. The first kappa shape index (κ1) is 17.8. The van der Waals surface area contributed by atoms with Gasteiger partial charge in [0.15, 0.2) is 5.76 Å². The molecule has 1 aromatic heterocycles. The molecule has 2 aromatic rings. The predicted octanol–water partition coefficient (Wildman–Crippen LogP) is 3.54. The zero-order valence-corrected chi connectivity index (χ0v) is 14.7. The van der Waals surface area contributed by atoms with Gasteiger partial charge in [-0.15, -0.1) is 0 Å². The van der Waals surface area contributed by atoms with Crippen LogP contribution in [0.5, 0.6) is 5.75 Å². The van der Waals surface area contributed by atoms with Crippen molar-refractivity contribution in [3.05, 3.63) is 36.0 Å². The van der Waals surface area contributed by atoms with Crippen LogP contribution in [0, 0.1) is 5.92 Å². The molecule has 0 saturated carbocycles. The summed E-state index contributed by atoms with van der Waals surface area (Å²) in [5, 5.41) is 6.94. The van der Waals surface area contributed by atoms with Crippen LogP contribution < -0.4 is 10.1 Å². The molecule has 6 nitrogen and oxygen atoms in total. The maximum absolute atomic E-state index is 12.2. The fourth-order valence-corrected chi connectivity index (χ4v) is 2.48. The highest BCUT2D eigenvalue weighted by Crippen LogP contribution is 2.30. The number of aromatic nitrogens is 1. The number of rotatable bonds is 7. The van der Waals surface area contributed by atoms with Gasteiger partial charge in [-0.25, -0.2) is 4.79 Å². The molecule has 1 aromatic carbocycles. The van der Waals surface area contributed by atoms with Gasteiger partial charge in [-0.2, -0.15) is 0 Å². The molecule has 1 N–H and O–H groups in total. The first-order chi connectivity index (χ1) is 11.5. The monoisotopic (exact) mass is 331 g/mol. The molecule has 2 amide bonds. The van der Waals surface area contributed by atoms with E-state index in [0.29, 0.717) is 37.0 Å². The van der Waals surface area contributed by atoms with Gasteiger partial charge in [0, 0.05) is 19.2 Å². The van der Waals surface area contributed by atoms with Crippen molar-refractivity contribution in [3.63, 3.8) is 0 Å². The summed E-state index contributed by atoms with van der Waals surface area (Å²) >= 11 is 0. The summed E-state index contributed by atoms with van der Waals surface area (Å²) in [4.78, 5) is 13.9. The molecule has 0 aliphatic carbocycles. The van der Waals surface area contributed by atoms with Crippen LogP contribution in [0.3, 0.4) is 0 Å². The average Bonchev–Trinajstić information content (AvgIpc) is 3.02. The van der Waals surface area contributed by atoms with Crippen LogP contribution >= 0.6 is 0 Å². The number of carbonyl (C=O) groups excluding carboxylic acids is 1. The minimum absolute atomic E-state index is 0.0898. The van der Waals surface area contributed by atoms with Crippen molar-refractivity contribution in [2.45, 2.75) is 27.3 Å². The van der Waals surface area contributed by atoms with Crippen molar-refractivity contribution in [1.82, 2.24) is 15.4 Å². The van der Waals surface area contributed by atoms with Gasteiger partial charge in [0.25, 0.3) is 0 Å². The summed E-state index contributed by atoms with van der Waals surface area (Å²) in [6.07, 6.45) is 0. The lowest BCUT2D eigenvalue weighted by Gasteiger charge is -2.23. The summed E-state index contributed by atoms with van der Waals surface area (Å²) < 4.78 is 10.8. The van der Waals surface area contributed by atoms with Crippen LogP contribution in [-0.4, -0.2) is 36.3 Å². The van der Waals surface area contributed by atoms with Gasteiger partial charge in [0.2, 0.25) is 0 Å². The fraction of sp³-hybridized carbons (Fsp3) is 0.444. The van der Waals surface area contributed by atoms with E-state index in [4.69, 9.17) is 9.26 Å². The maximum atomic E-state index is 12.2. The van der Waals surface area contributed by atoms with Gasteiger partial charge >= 0.3 is 6.03 Å². The van der Waals surface area contributed by atoms with E-state index in [1.165, 1.54) is 0 Å². The average molecular weight is 331 g/mol. The number of amides is 2. The first-order valence-corrected chi connectivity index (χ1v) is 8.16. The number of ether oxygens (including phenoxy) is 1. The van der Waals surface area contributed by atoms with Gasteiger partial charge < -0.3 is 19.5 Å². The molecular weight excluding hydrogens is 306 g/mol. The topological polar surface area (TPSA) is 67.6 Å². The molecule has 130 valence electrons. The third-order valence-corrected chi connectivity index (χ3v) is 3.48. The molecule has 0 fully saturated rings. The Morgan fingerprint density at radius 2 is 2.12 bits per heavy atom. The quantitative estimate of drug-likeness (QED) is 0.842. The van der Waals surface area contributed by atoms with Crippen molar-refractivity contribution in [2.24, 2.45) is 5.92 Å². The lowest BCUT2D eigenvalue weighted by atomic mass is 10.1. The van der Waals surface area contributed by atoms with Crippen LogP contribution in [0.15, 0.2) is 34.9 Å². The molecule has 0 spiro atoms. The summed E-state index contributed by atoms with van der Waals surface area (Å²) in [7, 11) is 1.62. The minimum atomic E-state index is -0.0898. The van der Waals surface area contributed by atoms with Crippen molar-refractivity contribution < 1.29 is 14.1 Å². The van der Waals surface area contributed by atoms with Crippen molar-refractivity contribution in [3.8, 4) is 17.1 Å². The molecule has 1 heterocycles. The van der Waals surface area contributed by atoms with Gasteiger partial charge in [-0.3, -0.25) is 0 Å². The number of benzene rings is 1. The number of hydrogen-bond donors (Lipinski definition) is 1. The Bertz CT molecular complexity index is 667. The van der Waals surface area contributed by atoms with Gasteiger partial charge in [0.1, 0.15) is 11.4 Å². The summed E-state index contributed by atoms with van der Waals surface area (Å²) in [5.41, 5.74) is 1.55. The highest BCUT2D eigenvalue weighted by molar-refractivity contribution is 5.74. The van der Waals surface area contributed by atoms with Gasteiger partial charge in [0.05, 0.1) is 19.2 Å². The highest BCUT2D eigenvalue weighted by Gasteiger charge is 2.18. The Labute approximate surface area is 142 Å². The fourth-order valence-electron chi connectivity index (χ4n) is 2.48. The highest BCUT2D eigenvalue weighted by atomic mass is 16.5. The SMILES string of the molecule is CCNC(=O)N(Cc1cc(-c2ccccc2OC)on1)CC(C)C. The molecule has 0 unspecified atom stereocenters. The number of carbonyl (C=O) groups is 1. The van der Waals surface area contributed by atoms with E-state index < -0.39 is 0 Å². The first-order valence-electron chi connectivity index (χ1n) is 8.16. The van der Waals surface area contributed by atoms with Crippen LogP contribution in [0.1, 0.15) is 26.5 Å². The lowest BCUT2D eigenvalue weighted by molar-refractivity contribution is 0.186. The van der Waals surface area contributed by atoms with E-state index in [1.54, 1.807) is 12.0 Å². The van der Waals surface area contributed by atoms with E-state index in [0.717, 1.165) is 11.3 Å². The van der Waals surface area contributed by atoms with E-state index in [2.05, 4.69) is 24.3 Å². The Balaban J connectivity index is 2.17. The molecule has 0 aliphatic rings. The number of nitrogens with zero attached hydrogens (tertiary/aromatic N) is 2. The van der Waals surface area contributed by atoms with Crippen molar-refractivity contribution in [1.29, 1.82) is 0 Å². The second kappa shape index (κ2) is 8.38. The second-order valence-corrected chi connectivity index (χ2v) is 5.99. The molecule has 0 saturated heterocycles. The molecule has 6 heteroatoms. The molecule has 0 aliphatic heterocycles. The molecule has 24 heavy (non-hydrogen) atoms. The summed E-state index contributed by atoms with van der Waals surface area (Å²) in [5.74, 6) is 1.72. The van der Waals surface area contributed by atoms with E-state index in [9.17, 15) is 4.79 Å². The van der Waals surface area contributed by atoms with Gasteiger partial charge in [-0.05, 0) is 25.0 Å². The largest absolute Gasteiger partial charge is 0.496 e. The van der Waals surface area contributed by atoms with E-state index in [-0.39, 0.29) is 6.03 Å². The van der Waals surface area contributed by atoms with Crippen LogP contribution in [-0.2, 0) is 6.54 Å². The predicted molar refractivity (Wildman–Crippen MR) is 92.8 cm³/mol. The van der Waals surface area contributed by atoms with Crippen LogP contribution in [0.4, 0.5) is 4.79 Å². The molecule has 0 bridgehead atoms. The Morgan fingerprint density at radius 3 is 2.79 bits per heavy atom. The molecule has 2 rings (SSSR count). The third kappa shape index (κ3) is 4.50. The smallest absolute Gasteiger partial charge is 0.317 e. The van der Waals surface area contributed by atoms with Gasteiger partial charge in [-0.1, -0.05) is 31.1 Å². The normalized spacial score (nSPS) is 10.7. The van der Waals surface area contributed by atoms with Crippen LogP contribution in [0.2, 0.25) is 0 Å². The zero-order valence-electron chi connectivity index (χ0n) is 14.7. The maximum Gasteiger partial charge on any atom is 0.317 e. The third-order valence-electron chi connectivity index (χ3n) is 3.48. The van der Waals surface area contributed by atoms with E-state index >= 15 is 0 Å². The van der Waals surface area contributed by atoms with E-state index in [1.807, 2.05) is 37.3 Å². The minimum Gasteiger partial charge on any atom is -0.496 e. The zero-order chi connectivity index (χ0) is 17.5. The van der Waals surface area contributed by atoms with Crippen molar-refractivity contribution >= 4 is 6.03 Å². The van der Waals surface area contributed by atoms with Crippen LogP contribution in [0.25, 0.3) is 11.3 Å². The molecular formula is C18H25N3O3. The number of methoxy groups -OCH3 is 1. The van der Waals surface area contributed by atoms with Crippen molar-refractivity contribution in [2.75, 3.05) is 20.2 Å². The Kier molecular flexibility index (Phi) is 6.23. The number of urea groups is 1. The number of hydrogen-bond acceptors (Lipinski definition) is 4. The molecule has 0 radical (unpaired) electrons. The number of para-hydroxylation sites is 1. The Hall–Kier alpha value is -2.50. The lowest BCUT2D eigenvalue weighted by Crippen LogP contribution is -2.41. The Morgan fingerprint density at radius 1 is 1.38 bits per heavy atom. The summed E-state index contributed by atoms with van der Waals surface area (Å²) in [6, 6.07) is 9.37.